The number of hydrogen-bond acceptors (Lipinski definition) is 2. The Bertz CT molecular complexity index is 203. The van der Waals surface area contributed by atoms with E-state index in [2.05, 4.69) is 0 Å². The van der Waals surface area contributed by atoms with Crippen molar-refractivity contribution in [2.75, 3.05) is 0 Å². The first-order valence-corrected chi connectivity index (χ1v) is 2.97. The Morgan fingerprint density at radius 2 is 2.50 bits per heavy atom. The quantitative estimate of drug-likeness (QED) is 0.589. The van der Waals surface area contributed by atoms with Crippen LogP contribution in [0.3, 0.4) is 0 Å². The van der Waals surface area contributed by atoms with Crippen LogP contribution in [0.5, 0.6) is 0 Å². The van der Waals surface area contributed by atoms with Crippen molar-refractivity contribution in [3.63, 3.8) is 0 Å². The highest BCUT2D eigenvalue weighted by molar-refractivity contribution is 5.88. The number of hydrogen-bond donors (Lipinski definition) is 1. The molecule has 1 atom stereocenters. The highest BCUT2D eigenvalue weighted by Crippen LogP contribution is 2.11. The van der Waals surface area contributed by atoms with Crippen molar-refractivity contribution in [1.29, 1.82) is 0 Å². The maximum Gasteiger partial charge on any atom is 0.335 e. The summed E-state index contributed by atoms with van der Waals surface area (Å²) >= 11 is 0. The van der Waals surface area contributed by atoms with Crippen molar-refractivity contribution >= 4 is 5.97 Å². The van der Waals surface area contributed by atoms with Crippen molar-refractivity contribution in [2.24, 2.45) is 0 Å². The Balaban J connectivity index is 2.80. The maximum atomic E-state index is 10.4. The van der Waals surface area contributed by atoms with Crippen LogP contribution in [0.4, 0.5) is 0 Å². The van der Waals surface area contributed by atoms with Gasteiger partial charge in [0.2, 0.25) is 0 Å². The minimum atomic E-state index is -0.920. The van der Waals surface area contributed by atoms with Crippen molar-refractivity contribution in [1.82, 2.24) is 0 Å². The normalized spacial score (nSPS) is 23.3. The van der Waals surface area contributed by atoms with E-state index >= 15 is 0 Å². The molecule has 0 aromatic heterocycles. The fourth-order valence-corrected chi connectivity index (χ4v) is 0.760. The van der Waals surface area contributed by atoms with E-state index in [1.165, 1.54) is 12.3 Å². The molecular formula is C7H8O3. The lowest BCUT2D eigenvalue weighted by Gasteiger charge is -2.14. The number of allylic oxidation sites excluding steroid dienone is 2. The largest absolute Gasteiger partial charge is 0.493 e. The summed E-state index contributed by atoms with van der Waals surface area (Å²) < 4.78 is 4.92. The molecule has 0 fully saturated rings. The van der Waals surface area contributed by atoms with Crippen LogP contribution in [-0.4, -0.2) is 17.2 Å². The van der Waals surface area contributed by atoms with Gasteiger partial charge in [0.05, 0.1) is 11.8 Å². The number of carboxylic acid groups (broad SMARTS) is 1. The highest BCUT2D eigenvalue weighted by Gasteiger charge is 2.16. The molecule has 3 heteroatoms. The molecule has 10 heavy (non-hydrogen) atoms. The molecule has 0 aromatic carbocycles. The molecule has 0 aliphatic carbocycles. The molecule has 54 valence electrons. The number of carbonyl (C=O) groups is 1. The molecule has 3 nitrogen and oxygen atoms in total. The summed E-state index contributed by atoms with van der Waals surface area (Å²) in [5.74, 6) is -0.920. The third kappa shape index (κ3) is 1.18. The number of aliphatic carboxylic acids is 1. The molecule has 0 saturated heterocycles. The van der Waals surface area contributed by atoms with Crippen molar-refractivity contribution in [3.05, 3.63) is 24.0 Å². The monoisotopic (exact) mass is 140 g/mol. The minimum Gasteiger partial charge on any atom is -0.493 e. The second-order valence-electron chi connectivity index (χ2n) is 2.03. The average molecular weight is 140 g/mol. The molecule has 0 spiro atoms. The van der Waals surface area contributed by atoms with E-state index in [0.29, 0.717) is 5.57 Å². The fourth-order valence-electron chi connectivity index (χ4n) is 0.760. The van der Waals surface area contributed by atoms with E-state index in [1.54, 1.807) is 13.0 Å². The molecule has 1 aliphatic rings. The van der Waals surface area contributed by atoms with Crippen LogP contribution in [0.2, 0.25) is 0 Å². The van der Waals surface area contributed by atoms with Gasteiger partial charge in [-0.1, -0.05) is 0 Å². The Kier molecular flexibility index (Phi) is 1.76. The van der Waals surface area contributed by atoms with E-state index < -0.39 is 5.97 Å². The zero-order chi connectivity index (χ0) is 7.56. The Morgan fingerprint density at radius 3 is 2.90 bits per heavy atom. The summed E-state index contributed by atoms with van der Waals surface area (Å²) in [6, 6.07) is 0. The van der Waals surface area contributed by atoms with E-state index in [9.17, 15) is 4.79 Å². The summed E-state index contributed by atoms with van der Waals surface area (Å²) in [6.45, 7) is 1.70. The first-order valence-electron chi connectivity index (χ1n) is 2.97. The van der Waals surface area contributed by atoms with Crippen molar-refractivity contribution in [2.45, 2.75) is 13.0 Å². The molecule has 0 aromatic rings. The molecule has 1 N–H and O–H groups in total. The van der Waals surface area contributed by atoms with Gasteiger partial charge in [0.15, 0.2) is 0 Å². The van der Waals surface area contributed by atoms with Crippen LogP contribution >= 0.6 is 0 Å². The number of carboxylic acids is 1. The SMILES string of the molecule is CC1OC=CC=C1C(=O)O. The van der Waals surface area contributed by atoms with Crippen LogP contribution in [-0.2, 0) is 9.53 Å². The van der Waals surface area contributed by atoms with E-state index in [1.807, 2.05) is 0 Å². The van der Waals surface area contributed by atoms with Gasteiger partial charge >= 0.3 is 5.97 Å². The summed E-state index contributed by atoms with van der Waals surface area (Å²) in [6.07, 6.45) is 4.26. The lowest BCUT2D eigenvalue weighted by molar-refractivity contribution is -0.133. The molecule has 0 radical (unpaired) electrons. The molecule has 0 saturated carbocycles. The minimum absolute atomic E-state index is 0.294. The summed E-state index contributed by atoms with van der Waals surface area (Å²) in [7, 11) is 0. The summed E-state index contributed by atoms with van der Waals surface area (Å²) in [5, 5.41) is 8.53. The molecule has 0 amide bonds. The zero-order valence-corrected chi connectivity index (χ0v) is 5.57. The van der Waals surface area contributed by atoms with Gasteiger partial charge in [-0.3, -0.25) is 0 Å². The van der Waals surface area contributed by atoms with Crippen LogP contribution < -0.4 is 0 Å². The summed E-state index contributed by atoms with van der Waals surface area (Å²) in [4.78, 5) is 10.4. The van der Waals surface area contributed by atoms with Gasteiger partial charge in [-0.15, -0.1) is 0 Å². The Morgan fingerprint density at radius 1 is 1.80 bits per heavy atom. The second-order valence-corrected chi connectivity index (χ2v) is 2.03. The van der Waals surface area contributed by atoms with Crippen molar-refractivity contribution < 1.29 is 14.6 Å². The lowest BCUT2D eigenvalue weighted by atomic mass is 10.1. The molecule has 1 rings (SSSR count). The molecule has 1 aliphatic heterocycles. The van der Waals surface area contributed by atoms with Gasteiger partial charge < -0.3 is 9.84 Å². The molecule has 1 heterocycles. The smallest absolute Gasteiger partial charge is 0.335 e. The highest BCUT2D eigenvalue weighted by atomic mass is 16.5. The summed E-state index contributed by atoms with van der Waals surface area (Å²) in [5.41, 5.74) is 0.294. The predicted octanol–water partition coefficient (Wildman–Crippen LogP) is 0.930. The predicted molar refractivity (Wildman–Crippen MR) is 35.4 cm³/mol. The Hall–Kier alpha value is -1.25. The molecule has 0 bridgehead atoms. The van der Waals surface area contributed by atoms with Gasteiger partial charge in [-0.05, 0) is 19.1 Å². The van der Waals surface area contributed by atoms with Gasteiger partial charge in [-0.2, -0.15) is 0 Å². The fraction of sp³-hybridized carbons (Fsp3) is 0.286. The van der Waals surface area contributed by atoms with Gasteiger partial charge in [0.1, 0.15) is 6.10 Å². The van der Waals surface area contributed by atoms with Gasteiger partial charge in [-0.25, -0.2) is 4.79 Å². The van der Waals surface area contributed by atoms with Crippen molar-refractivity contribution in [3.8, 4) is 0 Å². The van der Waals surface area contributed by atoms with E-state index in [4.69, 9.17) is 9.84 Å². The lowest BCUT2D eigenvalue weighted by Crippen LogP contribution is -2.17. The molecular weight excluding hydrogens is 132 g/mol. The standard InChI is InChI=1S/C7H8O3/c1-5-6(7(8)9)3-2-4-10-5/h2-5H,1H3,(H,8,9). The molecule has 1 unspecified atom stereocenters. The Labute approximate surface area is 58.6 Å². The van der Waals surface area contributed by atoms with Crippen LogP contribution in [0, 0.1) is 0 Å². The first kappa shape index (κ1) is 6.86. The number of rotatable bonds is 1. The third-order valence-corrected chi connectivity index (χ3v) is 1.32. The average Bonchev–Trinajstić information content (AvgIpc) is 1.88. The van der Waals surface area contributed by atoms with Gasteiger partial charge in [0, 0.05) is 0 Å². The first-order chi connectivity index (χ1) is 4.72. The second kappa shape index (κ2) is 2.56. The van der Waals surface area contributed by atoms with Crippen LogP contribution in [0.25, 0.3) is 0 Å². The van der Waals surface area contributed by atoms with E-state index in [-0.39, 0.29) is 6.10 Å². The van der Waals surface area contributed by atoms with E-state index in [0.717, 1.165) is 0 Å². The van der Waals surface area contributed by atoms with Crippen LogP contribution in [0.15, 0.2) is 24.0 Å². The van der Waals surface area contributed by atoms with Gasteiger partial charge in [0.25, 0.3) is 0 Å². The maximum absolute atomic E-state index is 10.4. The third-order valence-electron chi connectivity index (χ3n) is 1.32. The zero-order valence-electron chi connectivity index (χ0n) is 5.57. The van der Waals surface area contributed by atoms with Crippen LogP contribution in [0.1, 0.15) is 6.92 Å². The topological polar surface area (TPSA) is 46.5 Å². The number of ether oxygens (including phenoxy) is 1.